The van der Waals surface area contributed by atoms with Gasteiger partial charge in [0, 0.05) is 37.2 Å². The molecule has 0 amide bonds. The highest BCUT2D eigenvalue weighted by molar-refractivity contribution is 5.34. The molecule has 0 radical (unpaired) electrons. The van der Waals surface area contributed by atoms with E-state index < -0.39 is 0 Å². The molecule has 0 bridgehead atoms. The van der Waals surface area contributed by atoms with E-state index in [1.165, 1.54) is 29.8 Å². The van der Waals surface area contributed by atoms with Gasteiger partial charge < -0.3 is 15.0 Å². The maximum Gasteiger partial charge on any atom is 0.0469 e. The van der Waals surface area contributed by atoms with Gasteiger partial charge in [0.15, 0.2) is 0 Å². The van der Waals surface area contributed by atoms with Crippen LogP contribution in [-0.4, -0.2) is 17.8 Å². The van der Waals surface area contributed by atoms with Gasteiger partial charge in [0.1, 0.15) is 0 Å². The van der Waals surface area contributed by atoms with Gasteiger partial charge >= 0.3 is 0 Å². The summed E-state index contributed by atoms with van der Waals surface area (Å²) in [5.74, 6) is 0.764. The van der Waals surface area contributed by atoms with Gasteiger partial charge in [-0.2, -0.15) is 0 Å². The molecule has 1 aromatic rings. The van der Waals surface area contributed by atoms with Crippen LogP contribution in [-0.2, 0) is 17.7 Å². The summed E-state index contributed by atoms with van der Waals surface area (Å²) in [6, 6.07) is 2.54. The average Bonchev–Trinajstić information content (AvgIpc) is 2.67. The summed E-state index contributed by atoms with van der Waals surface area (Å²) in [4.78, 5) is 0. The van der Waals surface area contributed by atoms with E-state index in [4.69, 9.17) is 10.5 Å². The summed E-state index contributed by atoms with van der Waals surface area (Å²) in [5, 5.41) is 0. The highest BCUT2D eigenvalue weighted by atomic mass is 16.5. The molecule has 20 heavy (non-hydrogen) atoms. The molecule has 0 aromatic carbocycles. The van der Waals surface area contributed by atoms with Crippen molar-refractivity contribution < 1.29 is 4.74 Å². The van der Waals surface area contributed by atoms with E-state index in [-0.39, 0.29) is 6.04 Å². The van der Waals surface area contributed by atoms with Crippen LogP contribution in [0, 0.1) is 18.3 Å². The van der Waals surface area contributed by atoms with Gasteiger partial charge in [-0.25, -0.2) is 0 Å². The predicted octanol–water partition coefficient (Wildman–Crippen LogP) is 3.20. The second kappa shape index (κ2) is 5.19. The van der Waals surface area contributed by atoms with Crippen LogP contribution in [0.5, 0.6) is 0 Å². The maximum atomic E-state index is 6.40. The monoisotopic (exact) mass is 276 g/mol. The number of hydrogen-bond donors (Lipinski definition) is 1. The molecule has 2 N–H and O–H groups in total. The Balaban J connectivity index is 1.88. The van der Waals surface area contributed by atoms with Crippen LogP contribution < -0.4 is 5.73 Å². The molecule has 1 aliphatic carbocycles. The van der Waals surface area contributed by atoms with Gasteiger partial charge in [-0.3, -0.25) is 0 Å². The molecule has 1 aromatic heterocycles. The average molecular weight is 276 g/mol. The smallest absolute Gasteiger partial charge is 0.0469 e. The van der Waals surface area contributed by atoms with Crippen molar-refractivity contribution in [2.45, 2.75) is 59.0 Å². The Kier molecular flexibility index (Phi) is 3.67. The lowest BCUT2D eigenvalue weighted by Gasteiger charge is -2.35. The van der Waals surface area contributed by atoms with Gasteiger partial charge in [0.2, 0.25) is 0 Å². The molecule has 1 saturated heterocycles. The molecule has 2 heterocycles. The van der Waals surface area contributed by atoms with Gasteiger partial charge in [-0.05, 0) is 55.6 Å². The molecule has 3 nitrogen and oxygen atoms in total. The Morgan fingerprint density at radius 3 is 2.75 bits per heavy atom. The molecule has 3 heteroatoms. The fraction of sp³-hybridized carbons (Fsp3) is 0.765. The Morgan fingerprint density at radius 1 is 1.35 bits per heavy atom. The van der Waals surface area contributed by atoms with Crippen LogP contribution in [0.1, 0.15) is 56.1 Å². The lowest BCUT2D eigenvalue weighted by Crippen LogP contribution is -2.31. The first kappa shape index (κ1) is 14.2. The normalized spacial score (nSPS) is 26.5. The van der Waals surface area contributed by atoms with E-state index in [2.05, 4.69) is 31.4 Å². The third-order valence-corrected chi connectivity index (χ3v) is 5.05. The molecule has 1 atom stereocenters. The molecule has 1 unspecified atom stereocenters. The fourth-order valence-corrected chi connectivity index (χ4v) is 3.95. The number of nitrogens with two attached hydrogens (primary N) is 1. The van der Waals surface area contributed by atoms with Crippen LogP contribution in [0.4, 0.5) is 0 Å². The van der Waals surface area contributed by atoms with Crippen molar-refractivity contribution in [1.82, 2.24) is 4.57 Å². The molecule has 2 aliphatic rings. The van der Waals surface area contributed by atoms with Crippen LogP contribution >= 0.6 is 0 Å². The lowest BCUT2D eigenvalue weighted by atomic mass is 9.74. The molecular formula is C17H28N2O. The molecule has 1 aliphatic heterocycles. The van der Waals surface area contributed by atoms with E-state index in [1.807, 2.05) is 0 Å². The van der Waals surface area contributed by atoms with E-state index >= 15 is 0 Å². The molecular weight excluding hydrogens is 248 g/mol. The first-order valence-electron chi connectivity index (χ1n) is 7.98. The highest BCUT2D eigenvalue weighted by Crippen LogP contribution is 2.41. The number of aromatic nitrogens is 1. The number of rotatable bonds is 2. The summed E-state index contributed by atoms with van der Waals surface area (Å²) >= 11 is 0. The van der Waals surface area contributed by atoms with Crippen molar-refractivity contribution in [3.8, 4) is 0 Å². The minimum atomic E-state index is 0.211. The van der Waals surface area contributed by atoms with E-state index in [0.29, 0.717) is 5.41 Å². The fourth-order valence-electron chi connectivity index (χ4n) is 3.95. The summed E-state index contributed by atoms with van der Waals surface area (Å²) < 4.78 is 8.03. The van der Waals surface area contributed by atoms with Crippen molar-refractivity contribution in [3.05, 3.63) is 23.0 Å². The van der Waals surface area contributed by atoms with Crippen molar-refractivity contribution in [2.24, 2.45) is 17.1 Å². The summed E-state index contributed by atoms with van der Waals surface area (Å²) in [6.45, 7) is 9.93. The molecule has 3 rings (SSSR count). The minimum Gasteiger partial charge on any atom is -0.381 e. The lowest BCUT2D eigenvalue weighted by molar-refractivity contribution is 0.0606. The standard InChI is InChI=1S/C17H28N2O/c1-12-8-14-15(18)9-17(2,3)10-16(14)19(12)11-13-4-6-20-7-5-13/h8,13,15H,4-7,9-11,18H2,1-3H3. The van der Waals surface area contributed by atoms with E-state index in [1.54, 1.807) is 0 Å². The summed E-state index contributed by atoms with van der Waals surface area (Å²) in [6.07, 6.45) is 4.65. The second-order valence-electron chi connectivity index (χ2n) is 7.51. The SMILES string of the molecule is Cc1cc2c(n1CC1CCOCC1)CC(C)(C)CC2N. The third-order valence-electron chi connectivity index (χ3n) is 5.05. The van der Waals surface area contributed by atoms with Gasteiger partial charge in [0.25, 0.3) is 0 Å². The largest absolute Gasteiger partial charge is 0.381 e. The third kappa shape index (κ3) is 2.66. The first-order valence-corrected chi connectivity index (χ1v) is 7.98. The number of hydrogen-bond acceptors (Lipinski definition) is 2. The Labute approximate surface area is 122 Å². The Hall–Kier alpha value is -0.800. The van der Waals surface area contributed by atoms with Crippen molar-refractivity contribution in [2.75, 3.05) is 13.2 Å². The van der Waals surface area contributed by atoms with Crippen LogP contribution in [0.3, 0.4) is 0 Å². The van der Waals surface area contributed by atoms with Gasteiger partial charge in [-0.15, -0.1) is 0 Å². The molecule has 0 saturated carbocycles. The van der Waals surface area contributed by atoms with E-state index in [0.717, 1.165) is 38.5 Å². The Bertz CT molecular complexity index is 483. The summed E-state index contributed by atoms with van der Waals surface area (Å²) in [5.41, 5.74) is 11.0. The van der Waals surface area contributed by atoms with E-state index in [9.17, 15) is 0 Å². The van der Waals surface area contributed by atoms with Crippen LogP contribution in [0.25, 0.3) is 0 Å². The first-order chi connectivity index (χ1) is 9.46. The van der Waals surface area contributed by atoms with Crippen molar-refractivity contribution in [1.29, 1.82) is 0 Å². The minimum absolute atomic E-state index is 0.211. The number of nitrogens with zero attached hydrogens (tertiary/aromatic N) is 1. The zero-order chi connectivity index (χ0) is 14.3. The summed E-state index contributed by atoms with van der Waals surface area (Å²) in [7, 11) is 0. The van der Waals surface area contributed by atoms with Crippen LogP contribution in [0.2, 0.25) is 0 Å². The quantitative estimate of drug-likeness (QED) is 0.901. The number of fused-ring (bicyclic) bond motifs is 1. The van der Waals surface area contributed by atoms with Gasteiger partial charge in [0.05, 0.1) is 0 Å². The highest BCUT2D eigenvalue weighted by Gasteiger charge is 2.33. The van der Waals surface area contributed by atoms with Crippen molar-refractivity contribution in [3.63, 3.8) is 0 Å². The molecule has 0 spiro atoms. The number of ether oxygens (including phenoxy) is 1. The topological polar surface area (TPSA) is 40.2 Å². The molecule has 1 fully saturated rings. The van der Waals surface area contributed by atoms with Crippen LogP contribution in [0.15, 0.2) is 6.07 Å². The maximum absolute atomic E-state index is 6.40. The van der Waals surface area contributed by atoms with Crippen molar-refractivity contribution >= 4 is 0 Å². The second-order valence-corrected chi connectivity index (χ2v) is 7.51. The molecule has 112 valence electrons. The Morgan fingerprint density at radius 2 is 2.05 bits per heavy atom. The predicted molar refractivity (Wildman–Crippen MR) is 81.7 cm³/mol. The number of aryl methyl sites for hydroxylation is 1. The zero-order valence-corrected chi connectivity index (χ0v) is 13.1. The zero-order valence-electron chi connectivity index (χ0n) is 13.1. The van der Waals surface area contributed by atoms with Gasteiger partial charge in [-0.1, -0.05) is 13.8 Å².